The molecule has 102 valence electrons. The van der Waals surface area contributed by atoms with Gasteiger partial charge in [-0.3, -0.25) is 5.41 Å². The maximum Gasteiger partial charge on any atom is 0.122 e. The number of hydrogen-bond donors (Lipinski definition) is 3. The first kappa shape index (κ1) is 12.8. The number of aliphatic hydroxyl groups excluding tert-OH is 1. The molecule has 2 saturated heterocycles. The Hall–Kier alpha value is -1.26. The second-order valence-corrected chi connectivity index (χ2v) is 5.90. The summed E-state index contributed by atoms with van der Waals surface area (Å²) in [5.41, 5.74) is 7.13. The summed E-state index contributed by atoms with van der Waals surface area (Å²) < 4.78 is 0. The molecule has 2 atom stereocenters. The minimum atomic E-state index is -0.177. The van der Waals surface area contributed by atoms with E-state index in [0.29, 0.717) is 22.7 Å². The van der Waals surface area contributed by atoms with Crippen LogP contribution in [0, 0.1) is 5.41 Å². The lowest BCUT2D eigenvalue weighted by Gasteiger charge is -2.39. The molecule has 0 aliphatic carbocycles. The molecular weight excluding hydrogens is 262 g/mol. The van der Waals surface area contributed by atoms with Crippen molar-refractivity contribution < 1.29 is 5.11 Å². The number of nitrogens with two attached hydrogens (primary N) is 1. The highest BCUT2D eigenvalue weighted by Crippen LogP contribution is 2.42. The van der Waals surface area contributed by atoms with Crippen LogP contribution in [-0.2, 0) is 0 Å². The topological polar surface area (TPSA) is 73.3 Å². The molecule has 2 fully saturated rings. The molecule has 0 saturated carbocycles. The molecule has 2 heterocycles. The first-order valence-corrected chi connectivity index (χ1v) is 7.04. The van der Waals surface area contributed by atoms with E-state index in [9.17, 15) is 5.11 Å². The number of fused-ring (bicyclic) bond motifs is 2. The third-order valence-electron chi connectivity index (χ3n) is 4.25. The quantitative estimate of drug-likeness (QED) is 0.573. The first-order valence-electron chi connectivity index (χ1n) is 6.66. The van der Waals surface area contributed by atoms with Crippen LogP contribution in [0.5, 0.6) is 0 Å². The Morgan fingerprint density at radius 2 is 1.95 bits per heavy atom. The number of nitrogen functional groups attached to an aromatic ring is 1. The fourth-order valence-electron chi connectivity index (χ4n) is 3.43. The van der Waals surface area contributed by atoms with Crippen molar-refractivity contribution in [2.45, 2.75) is 43.9 Å². The number of rotatable bonds is 2. The highest BCUT2D eigenvalue weighted by molar-refractivity contribution is 6.33. The summed E-state index contributed by atoms with van der Waals surface area (Å²) in [7, 11) is 0. The van der Waals surface area contributed by atoms with Crippen LogP contribution in [0.1, 0.15) is 31.2 Å². The lowest BCUT2D eigenvalue weighted by atomic mass is 9.98. The zero-order valence-electron chi connectivity index (χ0n) is 10.6. The second kappa shape index (κ2) is 4.69. The van der Waals surface area contributed by atoms with E-state index >= 15 is 0 Å². The molecule has 2 aliphatic rings. The van der Waals surface area contributed by atoms with Crippen molar-refractivity contribution in [2.75, 3.05) is 4.90 Å². The van der Waals surface area contributed by atoms with Gasteiger partial charge in [0, 0.05) is 17.6 Å². The molecule has 1 aromatic carbocycles. The Labute approximate surface area is 117 Å². The van der Waals surface area contributed by atoms with Crippen molar-refractivity contribution in [2.24, 2.45) is 5.73 Å². The van der Waals surface area contributed by atoms with Gasteiger partial charge < -0.3 is 15.7 Å². The normalized spacial score (nSPS) is 29.6. The highest BCUT2D eigenvalue weighted by Gasteiger charge is 2.40. The number of nitrogens with one attached hydrogen (secondary N) is 1. The number of nitrogens with zero attached hydrogens (tertiary/aromatic N) is 1. The van der Waals surface area contributed by atoms with Crippen LogP contribution in [0.3, 0.4) is 0 Å². The van der Waals surface area contributed by atoms with E-state index in [1.165, 1.54) is 0 Å². The molecular formula is C14H18ClN3O. The second-order valence-electron chi connectivity index (χ2n) is 5.50. The van der Waals surface area contributed by atoms with Crippen molar-refractivity contribution in [1.82, 2.24) is 0 Å². The van der Waals surface area contributed by atoms with E-state index in [0.717, 1.165) is 31.4 Å². The van der Waals surface area contributed by atoms with Gasteiger partial charge in [-0.25, -0.2) is 0 Å². The fourth-order valence-corrected chi connectivity index (χ4v) is 3.70. The first-order chi connectivity index (χ1) is 9.06. The maximum absolute atomic E-state index is 9.84. The van der Waals surface area contributed by atoms with Gasteiger partial charge >= 0.3 is 0 Å². The molecule has 4 N–H and O–H groups in total. The van der Waals surface area contributed by atoms with E-state index in [2.05, 4.69) is 4.90 Å². The number of aliphatic hydroxyl groups is 1. The Kier molecular flexibility index (Phi) is 3.15. The van der Waals surface area contributed by atoms with Crippen LogP contribution >= 0.6 is 11.6 Å². The average Bonchev–Trinajstić information content (AvgIpc) is 2.62. The molecule has 4 nitrogen and oxygen atoms in total. The van der Waals surface area contributed by atoms with Crippen LogP contribution in [0.15, 0.2) is 18.2 Å². The lowest BCUT2D eigenvalue weighted by molar-refractivity contribution is 0.126. The standard InChI is InChI=1S/C14H18ClN3O/c15-12-5-8(14(16)17)1-4-13(12)18-9-2-3-10(18)7-11(19)6-9/h1,4-5,9-11,19H,2-3,6-7H2,(H3,16,17). The van der Waals surface area contributed by atoms with Gasteiger partial charge in [0.05, 0.1) is 16.8 Å². The minimum Gasteiger partial charge on any atom is -0.393 e. The zero-order valence-corrected chi connectivity index (χ0v) is 11.4. The number of anilines is 1. The van der Waals surface area contributed by atoms with Crippen molar-refractivity contribution in [3.05, 3.63) is 28.8 Å². The Morgan fingerprint density at radius 3 is 2.47 bits per heavy atom. The molecule has 3 rings (SSSR count). The van der Waals surface area contributed by atoms with E-state index in [1.807, 2.05) is 12.1 Å². The summed E-state index contributed by atoms with van der Waals surface area (Å²) in [4.78, 5) is 2.35. The summed E-state index contributed by atoms with van der Waals surface area (Å²) in [6.07, 6.45) is 3.70. The van der Waals surface area contributed by atoms with E-state index < -0.39 is 0 Å². The Morgan fingerprint density at radius 1 is 1.32 bits per heavy atom. The lowest BCUT2D eigenvalue weighted by Crippen LogP contribution is -2.45. The van der Waals surface area contributed by atoms with Crippen molar-refractivity contribution >= 4 is 23.1 Å². The molecule has 19 heavy (non-hydrogen) atoms. The van der Waals surface area contributed by atoms with Crippen molar-refractivity contribution in [1.29, 1.82) is 5.41 Å². The third kappa shape index (κ3) is 2.19. The summed E-state index contributed by atoms with van der Waals surface area (Å²) in [5, 5.41) is 17.9. The maximum atomic E-state index is 9.84. The molecule has 2 aliphatic heterocycles. The van der Waals surface area contributed by atoms with E-state index in [-0.39, 0.29) is 11.9 Å². The third-order valence-corrected chi connectivity index (χ3v) is 4.55. The predicted molar refractivity (Wildman–Crippen MR) is 77.0 cm³/mol. The molecule has 0 radical (unpaired) electrons. The van der Waals surface area contributed by atoms with Crippen LogP contribution in [0.25, 0.3) is 0 Å². The van der Waals surface area contributed by atoms with Crippen LogP contribution in [0.4, 0.5) is 5.69 Å². The van der Waals surface area contributed by atoms with Gasteiger partial charge in [-0.15, -0.1) is 0 Å². The molecule has 2 bridgehead atoms. The van der Waals surface area contributed by atoms with Gasteiger partial charge in [0.25, 0.3) is 0 Å². The molecule has 0 amide bonds. The van der Waals surface area contributed by atoms with Crippen LogP contribution in [0.2, 0.25) is 5.02 Å². The van der Waals surface area contributed by atoms with Crippen molar-refractivity contribution in [3.63, 3.8) is 0 Å². The van der Waals surface area contributed by atoms with Gasteiger partial charge in [-0.2, -0.15) is 0 Å². The predicted octanol–water partition coefficient (Wildman–Crippen LogP) is 2.12. The Balaban J connectivity index is 1.93. The zero-order chi connectivity index (χ0) is 13.6. The number of hydrogen-bond acceptors (Lipinski definition) is 3. The van der Waals surface area contributed by atoms with Crippen LogP contribution < -0.4 is 10.6 Å². The average molecular weight is 280 g/mol. The van der Waals surface area contributed by atoms with Gasteiger partial charge in [0.15, 0.2) is 0 Å². The van der Waals surface area contributed by atoms with E-state index in [1.54, 1.807) is 6.07 Å². The van der Waals surface area contributed by atoms with E-state index in [4.69, 9.17) is 22.7 Å². The number of halogens is 1. The monoisotopic (exact) mass is 279 g/mol. The number of piperidine rings is 1. The molecule has 0 spiro atoms. The minimum absolute atomic E-state index is 0.0329. The highest BCUT2D eigenvalue weighted by atomic mass is 35.5. The smallest absolute Gasteiger partial charge is 0.122 e. The van der Waals surface area contributed by atoms with Gasteiger partial charge in [0.1, 0.15) is 5.84 Å². The molecule has 1 aromatic rings. The van der Waals surface area contributed by atoms with Gasteiger partial charge in [0.2, 0.25) is 0 Å². The van der Waals surface area contributed by atoms with Gasteiger partial charge in [-0.1, -0.05) is 11.6 Å². The van der Waals surface area contributed by atoms with Gasteiger partial charge in [-0.05, 0) is 43.9 Å². The molecule has 5 heteroatoms. The molecule has 0 aromatic heterocycles. The summed E-state index contributed by atoms with van der Waals surface area (Å²) in [6, 6.07) is 6.31. The Bertz CT molecular complexity index is 505. The largest absolute Gasteiger partial charge is 0.393 e. The summed E-state index contributed by atoms with van der Waals surface area (Å²) >= 11 is 6.35. The fraction of sp³-hybridized carbons (Fsp3) is 0.500. The number of amidine groups is 1. The molecule has 2 unspecified atom stereocenters. The van der Waals surface area contributed by atoms with Crippen LogP contribution in [-0.4, -0.2) is 29.1 Å². The number of benzene rings is 1. The SMILES string of the molecule is N=C(N)c1ccc(N2C3CCC2CC(O)C3)c(Cl)c1. The summed E-state index contributed by atoms with van der Waals surface area (Å²) in [6.45, 7) is 0. The summed E-state index contributed by atoms with van der Waals surface area (Å²) in [5.74, 6) is 0.0329. The van der Waals surface area contributed by atoms with Crippen molar-refractivity contribution in [3.8, 4) is 0 Å².